The molecule has 0 spiro atoms. The fourth-order valence-electron chi connectivity index (χ4n) is 4.38. The lowest BCUT2D eigenvalue weighted by molar-refractivity contribution is -0.921. The van der Waals surface area contributed by atoms with Gasteiger partial charge in [-0.05, 0) is 66.5 Å². The largest absolute Gasteiger partial charge is 0.325 e. The second-order valence-electron chi connectivity index (χ2n) is 9.20. The monoisotopic (exact) mass is 428 g/mol. The van der Waals surface area contributed by atoms with Gasteiger partial charge in [0.25, 0.3) is 0 Å². The summed E-state index contributed by atoms with van der Waals surface area (Å²) in [6, 6.07) is 24.7. The van der Waals surface area contributed by atoms with Crippen LogP contribution in [0.4, 0.5) is 0 Å². The lowest BCUT2D eigenvalue weighted by Gasteiger charge is -2.34. The van der Waals surface area contributed by atoms with Gasteiger partial charge in [-0.25, -0.2) is 0 Å². The SMILES string of the molecule is CC[N+](CC)(CC)CC.Cc1ccc(B(c2ccc(C)cc2)c2ccc(C)c(C)c2)cc1. The van der Waals surface area contributed by atoms with E-state index in [-0.39, 0.29) is 6.71 Å². The summed E-state index contributed by atoms with van der Waals surface area (Å²) >= 11 is 0. The molecule has 170 valence electrons. The Morgan fingerprint density at radius 2 is 0.875 bits per heavy atom. The molecule has 3 aromatic rings. The summed E-state index contributed by atoms with van der Waals surface area (Å²) in [7, 11) is 0. The number of aryl methyl sites for hydroxylation is 4. The van der Waals surface area contributed by atoms with E-state index in [1.807, 2.05) is 0 Å². The quantitative estimate of drug-likeness (QED) is 0.353. The molecule has 0 fully saturated rings. The molecule has 0 N–H and O–H groups in total. The molecule has 32 heavy (non-hydrogen) atoms. The Bertz CT molecular complexity index is 890. The van der Waals surface area contributed by atoms with Gasteiger partial charge in [0, 0.05) is 0 Å². The molecule has 2 heteroatoms. The van der Waals surface area contributed by atoms with Crippen molar-refractivity contribution in [2.24, 2.45) is 0 Å². The minimum atomic E-state index is 0.287. The Hall–Kier alpha value is -2.32. The maximum absolute atomic E-state index is 2.33. The van der Waals surface area contributed by atoms with E-state index in [0.717, 1.165) is 0 Å². The predicted octanol–water partition coefficient (Wildman–Crippen LogP) is 5.32. The van der Waals surface area contributed by atoms with Gasteiger partial charge in [-0.2, -0.15) is 0 Å². The third kappa shape index (κ3) is 6.59. The van der Waals surface area contributed by atoms with Gasteiger partial charge in [0.1, 0.15) is 0 Å². The molecule has 0 aliphatic rings. The van der Waals surface area contributed by atoms with Crippen molar-refractivity contribution in [1.82, 2.24) is 0 Å². The first-order valence-corrected chi connectivity index (χ1v) is 12.3. The Kier molecular flexibility index (Phi) is 9.78. The zero-order chi connectivity index (χ0) is 23.7. The van der Waals surface area contributed by atoms with E-state index >= 15 is 0 Å². The molecule has 3 aromatic carbocycles. The highest BCUT2D eigenvalue weighted by Gasteiger charge is 2.21. The summed E-state index contributed by atoms with van der Waals surface area (Å²) in [4.78, 5) is 0. The second kappa shape index (κ2) is 12.1. The normalized spacial score (nSPS) is 11.0. The first-order valence-electron chi connectivity index (χ1n) is 12.3. The van der Waals surface area contributed by atoms with Crippen molar-refractivity contribution in [1.29, 1.82) is 0 Å². The van der Waals surface area contributed by atoms with E-state index in [1.165, 1.54) is 69.3 Å². The maximum Gasteiger partial charge on any atom is 0.241 e. The minimum absolute atomic E-state index is 0.287. The van der Waals surface area contributed by atoms with Crippen molar-refractivity contribution in [2.75, 3.05) is 26.2 Å². The van der Waals surface area contributed by atoms with E-state index < -0.39 is 0 Å². The lowest BCUT2D eigenvalue weighted by atomic mass is 9.36. The summed E-state index contributed by atoms with van der Waals surface area (Å²) in [5.41, 5.74) is 9.37. The van der Waals surface area contributed by atoms with Gasteiger partial charge < -0.3 is 4.48 Å². The number of hydrogen-bond donors (Lipinski definition) is 0. The van der Waals surface area contributed by atoms with Crippen molar-refractivity contribution < 1.29 is 4.48 Å². The molecule has 0 unspecified atom stereocenters. The minimum Gasteiger partial charge on any atom is -0.325 e. The topological polar surface area (TPSA) is 0 Å². The molecular formula is C30H43BN+. The van der Waals surface area contributed by atoms with Crippen LogP contribution in [-0.4, -0.2) is 37.4 Å². The first kappa shape index (κ1) is 25.9. The number of hydrogen-bond acceptors (Lipinski definition) is 0. The average Bonchev–Trinajstić information content (AvgIpc) is 2.81. The van der Waals surface area contributed by atoms with Crippen LogP contribution in [0.25, 0.3) is 0 Å². The molecule has 0 aliphatic carbocycles. The molecule has 3 rings (SSSR count). The second-order valence-corrected chi connectivity index (χ2v) is 9.20. The van der Waals surface area contributed by atoms with Crippen LogP contribution >= 0.6 is 0 Å². The number of rotatable bonds is 7. The highest BCUT2D eigenvalue weighted by Crippen LogP contribution is 2.06. The summed E-state index contributed by atoms with van der Waals surface area (Å²) < 4.78 is 1.28. The molecule has 0 aromatic heterocycles. The van der Waals surface area contributed by atoms with Gasteiger partial charge in [0.05, 0.1) is 26.2 Å². The Labute approximate surface area is 198 Å². The summed E-state index contributed by atoms with van der Waals surface area (Å²) in [6.07, 6.45) is 0. The zero-order valence-electron chi connectivity index (χ0n) is 21.7. The first-order chi connectivity index (χ1) is 15.3. The standard InChI is InChI=1S/C22H23B.C8H20N/c1-16-5-10-20(11-6-16)23(21-12-7-17(2)8-13-21)22-14-9-18(3)19(4)15-22;1-5-9(6-2,7-3)8-4/h5-15H,1-4H3;5-8H2,1-4H3/q;+1. The van der Waals surface area contributed by atoms with Crippen molar-refractivity contribution in [3.05, 3.63) is 89.0 Å². The highest BCUT2D eigenvalue weighted by atomic mass is 15.3. The van der Waals surface area contributed by atoms with Gasteiger partial charge in [0.15, 0.2) is 0 Å². The fourth-order valence-corrected chi connectivity index (χ4v) is 4.38. The molecule has 0 atom stereocenters. The van der Waals surface area contributed by atoms with Crippen LogP contribution in [0.3, 0.4) is 0 Å². The van der Waals surface area contributed by atoms with Gasteiger partial charge >= 0.3 is 0 Å². The van der Waals surface area contributed by atoms with Crippen LogP contribution in [0.2, 0.25) is 0 Å². The number of benzene rings is 3. The summed E-state index contributed by atoms with van der Waals surface area (Å²) in [6.45, 7) is 23.2. The van der Waals surface area contributed by atoms with E-state index in [1.54, 1.807) is 0 Å². The van der Waals surface area contributed by atoms with Gasteiger partial charge in [0.2, 0.25) is 6.71 Å². The van der Waals surface area contributed by atoms with Gasteiger partial charge in [-0.1, -0.05) is 94.2 Å². The van der Waals surface area contributed by atoms with Crippen LogP contribution in [-0.2, 0) is 0 Å². The number of nitrogens with zero attached hydrogens (tertiary/aromatic N) is 1. The third-order valence-electron chi connectivity index (χ3n) is 7.37. The van der Waals surface area contributed by atoms with E-state index in [9.17, 15) is 0 Å². The van der Waals surface area contributed by atoms with Crippen LogP contribution in [0.5, 0.6) is 0 Å². The molecule has 0 bridgehead atoms. The summed E-state index contributed by atoms with van der Waals surface area (Å²) in [5.74, 6) is 0. The molecular weight excluding hydrogens is 385 g/mol. The molecule has 0 saturated carbocycles. The Balaban J connectivity index is 0.000000344. The molecule has 0 radical (unpaired) electrons. The third-order valence-corrected chi connectivity index (χ3v) is 7.37. The molecule has 1 nitrogen and oxygen atoms in total. The van der Waals surface area contributed by atoms with Crippen LogP contribution in [0.15, 0.2) is 66.7 Å². The van der Waals surface area contributed by atoms with Crippen LogP contribution in [0.1, 0.15) is 49.9 Å². The lowest BCUT2D eigenvalue weighted by Crippen LogP contribution is -2.52. The molecule has 0 saturated heterocycles. The Morgan fingerprint density at radius 3 is 1.19 bits per heavy atom. The molecule has 0 amide bonds. The van der Waals surface area contributed by atoms with E-state index in [2.05, 4.69) is 122 Å². The van der Waals surface area contributed by atoms with E-state index in [0.29, 0.717) is 0 Å². The zero-order valence-corrected chi connectivity index (χ0v) is 21.7. The Morgan fingerprint density at radius 1 is 0.500 bits per heavy atom. The molecule has 0 heterocycles. The number of quaternary nitrogens is 1. The fraction of sp³-hybridized carbons (Fsp3) is 0.400. The van der Waals surface area contributed by atoms with E-state index in [4.69, 9.17) is 0 Å². The van der Waals surface area contributed by atoms with Crippen LogP contribution < -0.4 is 16.4 Å². The maximum atomic E-state index is 2.33. The predicted molar refractivity (Wildman–Crippen MR) is 145 cm³/mol. The van der Waals surface area contributed by atoms with Gasteiger partial charge in [-0.3, -0.25) is 0 Å². The van der Waals surface area contributed by atoms with Crippen molar-refractivity contribution >= 4 is 23.1 Å². The summed E-state index contributed by atoms with van der Waals surface area (Å²) in [5, 5.41) is 0. The van der Waals surface area contributed by atoms with Crippen molar-refractivity contribution in [3.63, 3.8) is 0 Å². The molecule has 0 aliphatic heterocycles. The van der Waals surface area contributed by atoms with Crippen molar-refractivity contribution in [2.45, 2.75) is 55.4 Å². The average molecular weight is 428 g/mol. The smallest absolute Gasteiger partial charge is 0.241 e. The van der Waals surface area contributed by atoms with Crippen LogP contribution in [0, 0.1) is 27.7 Å². The highest BCUT2D eigenvalue weighted by molar-refractivity contribution is 6.95. The van der Waals surface area contributed by atoms with Crippen molar-refractivity contribution in [3.8, 4) is 0 Å². The van der Waals surface area contributed by atoms with Gasteiger partial charge in [-0.15, -0.1) is 0 Å².